The Morgan fingerprint density at radius 2 is 1.76 bits per heavy atom. The predicted molar refractivity (Wildman–Crippen MR) is 76.4 cm³/mol. The molecule has 0 amide bonds. The van der Waals surface area contributed by atoms with E-state index in [0.717, 1.165) is 16.3 Å². The molecule has 94 valence electrons. The van der Waals surface area contributed by atoms with E-state index in [2.05, 4.69) is 13.1 Å². The van der Waals surface area contributed by atoms with Crippen LogP contribution in [0.2, 0.25) is 23.7 Å². The average Bonchev–Trinajstić information content (AvgIpc) is 2.33. The smallest absolute Gasteiger partial charge is 0.248 e. The van der Waals surface area contributed by atoms with Crippen LogP contribution in [0.25, 0.3) is 0 Å². The molecular formula is C14H21ClOSi. The van der Waals surface area contributed by atoms with Gasteiger partial charge in [-0.1, -0.05) is 43.0 Å². The van der Waals surface area contributed by atoms with Gasteiger partial charge in [0.2, 0.25) is 8.32 Å². The first kappa shape index (κ1) is 13.0. The molecule has 0 heterocycles. The van der Waals surface area contributed by atoms with E-state index < -0.39 is 8.32 Å². The van der Waals surface area contributed by atoms with Gasteiger partial charge in [0, 0.05) is 0 Å². The first-order chi connectivity index (χ1) is 8.09. The number of rotatable bonds is 3. The van der Waals surface area contributed by atoms with Crippen molar-refractivity contribution in [3.8, 4) is 5.75 Å². The zero-order valence-corrected chi connectivity index (χ0v) is 12.5. The maximum Gasteiger partial charge on any atom is 0.248 e. The summed E-state index contributed by atoms with van der Waals surface area (Å²) in [4.78, 5) is 0. The van der Waals surface area contributed by atoms with Gasteiger partial charge >= 0.3 is 0 Å². The lowest BCUT2D eigenvalue weighted by atomic mass is 10.0. The number of hydrogen-bond donors (Lipinski definition) is 0. The van der Waals surface area contributed by atoms with Crippen LogP contribution in [0.4, 0.5) is 0 Å². The van der Waals surface area contributed by atoms with Crippen LogP contribution in [-0.4, -0.2) is 8.32 Å². The van der Waals surface area contributed by atoms with Gasteiger partial charge in [0.15, 0.2) is 0 Å². The highest BCUT2D eigenvalue weighted by atomic mass is 35.5. The third-order valence-electron chi connectivity index (χ3n) is 3.80. The second-order valence-corrected chi connectivity index (χ2v) is 10.1. The molecule has 0 saturated heterocycles. The summed E-state index contributed by atoms with van der Waals surface area (Å²) < 4.78 is 6.28. The van der Waals surface area contributed by atoms with E-state index in [-0.39, 0.29) is 0 Å². The van der Waals surface area contributed by atoms with Crippen LogP contribution in [0.5, 0.6) is 5.75 Å². The van der Waals surface area contributed by atoms with Crippen molar-refractivity contribution in [2.45, 2.75) is 50.7 Å². The van der Waals surface area contributed by atoms with Gasteiger partial charge in [-0.2, -0.15) is 0 Å². The molecule has 3 heteroatoms. The number of hydrogen-bond acceptors (Lipinski definition) is 1. The maximum atomic E-state index is 6.28. The van der Waals surface area contributed by atoms with Crippen molar-refractivity contribution >= 4 is 19.9 Å². The van der Waals surface area contributed by atoms with Crippen molar-refractivity contribution in [2.75, 3.05) is 0 Å². The normalized spacial score (nSPS) is 18.1. The van der Waals surface area contributed by atoms with Gasteiger partial charge < -0.3 is 4.43 Å². The molecule has 0 spiro atoms. The van der Waals surface area contributed by atoms with Crippen molar-refractivity contribution in [3.05, 3.63) is 29.3 Å². The van der Waals surface area contributed by atoms with Crippen LogP contribution in [-0.2, 0) is 0 Å². The minimum absolute atomic E-state index is 0.740. The van der Waals surface area contributed by atoms with Gasteiger partial charge in [-0.05, 0) is 43.6 Å². The van der Waals surface area contributed by atoms with Crippen LogP contribution in [0.15, 0.2) is 24.3 Å². The molecule has 0 radical (unpaired) electrons. The molecule has 2 rings (SSSR count). The largest absolute Gasteiger partial charge is 0.543 e. The van der Waals surface area contributed by atoms with E-state index in [0.29, 0.717) is 0 Å². The Bertz CT molecular complexity index is 372. The zero-order valence-electron chi connectivity index (χ0n) is 10.7. The van der Waals surface area contributed by atoms with Crippen molar-refractivity contribution in [1.29, 1.82) is 0 Å². The fourth-order valence-electron chi connectivity index (χ4n) is 2.69. The maximum absolute atomic E-state index is 6.28. The van der Waals surface area contributed by atoms with Crippen molar-refractivity contribution in [2.24, 2.45) is 0 Å². The Labute approximate surface area is 110 Å². The standard InChI is InChI=1S/C14H21ClOSi/c1-17(2,12-8-4-3-5-9-12)16-14-11-7-6-10-13(14)15/h6-7,10-12H,3-5,8-9H2,1-2H3. The summed E-state index contributed by atoms with van der Waals surface area (Å²) >= 11 is 6.17. The zero-order chi connectivity index (χ0) is 12.3. The van der Waals surface area contributed by atoms with E-state index in [1.807, 2.05) is 24.3 Å². The minimum Gasteiger partial charge on any atom is -0.543 e. The molecule has 0 N–H and O–H groups in total. The summed E-state index contributed by atoms with van der Waals surface area (Å²) in [5.74, 6) is 0.872. The molecule has 1 saturated carbocycles. The Morgan fingerprint density at radius 3 is 2.41 bits per heavy atom. The Balaban J connectivity index is 2.08. The highest BCUT2D eigenvalue weighted by Gasteiger charge is 2.36. The highest BCUT2D eigenvalue weighted by Crippen LogP contribution is 2.39. The Kier molecular flexibility index (Phi) is 4.16. The molecule has 17 heavy (non-hydrogen) atoms. The molecule has 0 aromatic heterocycles. The molecule has 0 bridgehead atoms. The summed E-state index contributed by atoms with van der Waals surface area (Å²) in [5, 5.41) is 0.740. The van der Waals surface area contributed by atoms with Gasteiger partial charge in [0.1, 0.15) is 5.75 Å². The molecule has 1 aliphatic rings. The predicted octanol–water partition coefficient (Wildman–Crippen LogP) is 5.26. The molecule has 0 unspecified atom stereocenters. The number of para-hydroxylation sites is 1. The summed E-state index contributed by atoms with van der Waals surface area (Å²) in [6.07, 6.45) is 6.81. The lowest BCUT2D eigenvalue weighted by Crippen LogP contribution is -2.41. The quantitative estimate of drug-likeness (QED) is 0.680. The second kappa shape index (κ2) is 5.45. The van der Waals surface area contributed by atoms with Gasteiger partial charge in [0.05, 0.1) is 5.02 Å². The van der Waals surface area contributed by atoms with E-state index in [1.165, 1.54) is 32.1 Å². The van der Waals surface area contributed by atoms with Gasteiger partial charge in [-0.3, -0.25) is 0 Å². The van der Waals surface area contributed by atoms with Gasteiger partial charge in [-0.25, -0.2) is 0 Å². The molecular weight excluding hydrogens is 248 g/mol. The Hall–Kier alpha value is -0.473. The van der Waals surface area contributed by atoms with Crippen molar-refractivity contribution in [3.63, 3.8) is 0 Å². The monoisotopic (exact) mass is 268 g/mol. The van der Waals surface area contributed by atoms with Crippen LogP contribution in [0, 0.1) is 0 Å². The van der Waals surface area contributed by atoms with Crippen molar-refractivity contribution < 1.29 is 4.43 Å². The lowest BCUT2D eigenvalue weighted by molar-refractivity contribution is 0.440. The first-order valence-corrected chi connectivity index (χ1v) is 9.89. The first-order valence-electron chi connectivity index (χ1n) is 6.53. The fourth-order valence-corrected chi connectivity index (χ4v) is 5.64. The molecule has 1 aliphatic carbocycles. The third kappa shape index (κ3) is 3.26. The molecule has 1 aromatic carbocycles. The van der Waals surface area contributed by atoms with E-state index in [4.69, 9.17) is 16.0 Å². The minimum atomic E-state index is -1.66. The van der Waals surface area contributed by atoms with Gasteiger partial charge in [-0.15, -0.1) is 0 Å². The third-order valence-corrected chi connectivity index (χ3v) is 7.40. The topological polar surface area (TPSA) is 9.23 Å². The van der Waals surface area contributed by atoms with Crippen LogP contribution in [0.1, 0.15) is 32.1 Å². The molecule has 1 fully saturated rings. The Morgan fingerprint density at radius 1 is 1.12 bits per heavy atom. The second-order valence-electron chi connectivity index (χ2n) is 5.47. The summed E-state index contributed by atoms with van der Waals surface area (Å²) in [7, 11) is -1.66. The van der Waals surface area contributed by atoms with Gasteiger partial charge in [0.25, 0.3) is 0 Å². The lowest BCUT2D eigenvalue weighted by Gasteiger charge is -2.35. The molecule has 1 nitrogen and oxygen atoms in total. The van der Waals surface area contributed by atoms with Crippen LogP contribution < -0.4 is 4.43 Å². The molecule has 0 aliphatic heterocycles. The van der Waals surface area contributed by atoms with Crippen LogP contribution >= 0.6 is 11.6 Å². The summed E-state index contributed by atoms with van der Waals surface area (Å²) in [5.41, 5.74) is 0.785. The summed E-state index contributed by atoms with van der Waals surface area (Å²) in [6.45, 7) is 4.65. The van der Waals surface area contributed by atoms with E-state index in [1.54, 1.807) is 0 Å². The summed E-state index contributed by atoms with van der Waals surface area (Å²) in [6, 6.07) is 7.83. The van der Waals surface area contributed by atoms with Crippen molar-refractivity contribution in [1.82, 2.24) is 0 Å². The van der Waals surface area contributed by atoms with E-state index >= 15 is 0 Å². The SMILES string of the molecule is C[Si](C)(Oc1ccccc1Cl)C1CCCCC1. The molecule has 1 aromatic rings. The molecule has 0 atom stereocenters. The average molecular weight is 269 g/mol. The number of halogens is 1. The van der Waals surface area contributed by atoms with E-state index in [9.17, 15) is 0 Å². The number of benzene rings is 1. The fraction of sp³-hybridized carbons (Fsp3) is 0.571. The van der Waals surface area contributed by atoms with Crippen LogP contribution in [0.3, 0.4) is 0 Å². The highest BCUT2D eigenvalue weighted by molar-refractivity contribution is 6.73.